The van der Waals surface area contributed by atoms with Crippen LogP contribution in [0.2, 0.25) is 0 Å². The summed E-state index contributed by atoms with van der Waals surface area (Å²) in [6.07, 6.45) is 2.06. The molecular weight excluding hydrogens is 439 g/mol. The first-order valence-corrected chi connectivity index (χ1v) is 11.6. The summed E-state index contributed by atoms with van der Waals surface area (Å²) in [5.74, 6) is -1.58. The van der Waals surface area contributed by atoms with Crippen molar-refractivity contribution >= 4 is 5.91 Å². The molecule has 3 nitrogen and oxygen atoms in total. The molecule has 0 radical (unpaired) electrons. The fourth-order valence-corrected chi connectivity index (χ4v) is 5.13. The van der Waals surface area contributed by atoms with Crippen molar-refractivity contribution in [2.45, 2.75) is 44.1 Å². The smallest absolute Gasteiger partial charge is 0.223 e. The van der Waals surface area contributed by atoms with Crippen molar-refractivity contribution in [1.82, 2.24) is 4.90 Å². The zero-order valence-corrected chi connectivity index (χ0v) is 19.1. The van der Waals surface area contributed by atoms with Crippen LogP contribution in [0, 0.1) is 17.5 Å². The molecule has 2 atom stereocenters. The van der Waals surface area contributed by atoms with Crippen molar-refractivity contribution < 1.29 is 23.1 Å². The molecule has 1 amide bonds. The molecule has 0 bridgehead atoms. The maximum atomic E-state index is 14.2. The number of carbonyl (C=O) groups excluding carboxylic acids is 1. The van der Waals surface area contributed by atoms with E-state index in [2.05, 4.69) is 0 Å². The number of amides is 1. The molecule has 1 fully saturated rings. The fourth-order valence-electron chi connectivity index (χ4n) is 5.13. The molecule has 0 saturated carbocycles. The summed E-state index contributed by atoms with van der Waals surface area (Å²) in [6, 6.07) is 16.9. The van der Waals surface area contributed by atoms with Crippen LogP contribution >= 0.6 is 0 Å². The quantitative estimate of drug-likeness (QED) is 0.452. The lowest BCUT2D eigenvalue weighted by Crippen LogP contribution is -2.48. The second-order valence-electron chi connectivity index (χ2n) is 8.94. The average molecular weight is 468 g/mol. The molecule has 1 N–H and O–H groups in total. The van der Waals surface area contributed by atoms with E-state index in [9.17, 15) is 23.1 Å². The van der Waals surface area contributed by atoms with Gasteiger partial charge in [0.25, 0.3) is 0 Å². The summed E-state index contributed by atoms with van der Waals surface area (Å²) in [6.45, 7) is 2.48. The Morgan fingerprint density at radius 3 is 2.24 bits per heavy atom. The van der Waals surface area contributed by atoms with Gasteiger partial charge in [-0.2, -0.15) is 0 Å². The van der Waals surface area contributed by atoms with Crippen LogP contribution in [0.4, 0.5) is 13.2 Å². The number of aliphatic hydroxyl groups excluding tert-OH is 1. The topological polar surface area (TPSA) is 40.5 Å². The van der Waals surface area contributed by atoms with Crippen molar-refractivity contribution in [2.75, 3.05) is 13.2 Å². The van der Waals surface area contributed by atoms with E-state index in [4.69, 9.17) is 0 Å². The minimum absolute atomic E-state index is 0.00969. The highest BCUT2D eigenvalue weighted by Crippen LogP contribution is 2.42. The van der Waals surface area contributed by atoms with Crippen molar-refractivity contribution in [1.29, 1.82) is 0 Å². The number of hydrogen-bond acceptors (Lipinski definition) is 2. The molecule has 1 saturated heterocycles. The number of likely N-dealkylation sites (tertiary alicyclic amines) is 1. The van der Waals surface area contributed by atoms with Gasteiger partial charge in [0, 0.05) is 36.6 Å². The Hall–Kier alpha value is -3.12. The maximum absolute atomic E-state index is 14.2. The van der Waals surface area contributed by atoms with Crippen molar-refractivity contribution in [3.8, 4) is 11.1 Å². The Morgan fingerprint density at radius 1 is 0.971 bits per heavy atom. The number of piperidine rings is 1. The lowest BCUT2D eigenvalue weighted by Gasteiger charge is -2.44. The van der Waals surface area contributed by atoms with E-state index < -0.39 is 17.0 Å². The van der Waals surface area contributed by atoms with Crippen molar-refractivity contribution in [3.05, 3.63) is 95.3 Å². The number of halogens is 3. The Kier molecular flexibility index (Phi) is 7.08. The first kappa shape index (κ1) is 24.0. The second kappa shape index (κ2) is 10.0. The van der Waals surface area contributed by atoms with Gasteiger partial charge in [-0.1, -0.05) is 43.3 Å². The third kappa shape index (κ3) is 4.73. The normalized spacial score (nSPS) is 19.3. The number of aliphatic hydroxyl groups is 1. The number of nitrogens with zero attached hydrogens (tertiary/aromatic N) is 1. The van der Waals surface area contributed by atoms with Crippen molar-refractivity contribution in [2.24, 2.45) is 0 Å². The predicted molar refractivity (Wildman–Crippen MR) is 126 cm³/mol. The van der Waals surface area contributed by atoms with Gasteiger partial charge in [-0.3, -0.25) is 4.79 Å². The highest BCUT2D eigenvalue weighted by Gasteiger charge is 2.41. The predicted octanol–water partition coefficient (Wildman–Crippen LogP) is 6.16. The van der Waals surface area contributed by atoms with E-state index in [0.29, 0.717) is 36.9 Å². The highest BCUT2D eigenvalue weighted by atomic mass is 19.1. The fraction of sp³-hybridized carbons (Fsp3) is 0.321. The molecule has 0 aliphatic carbocycles. The number of rotatable bonds is 7. The average Bonchev–Trinajstić information content (AvgIpc) is 2.82. The summed E-state index contributed by atoms with van der Waals surface area (Å²) in [4.78, 5) is 15.2. The van der Waals surface area contributed by atoms with Crippen LogP contribution in [-0.4, -0.2) is 29.1 Å². The van der Waals surface area contributed by atoms with Crippen LogP contribution in [0.15, 0.2) is 66.7 Å². The minimum Gasteiger partial charge on any atom is -0.396 e. The van der Waals surface area contributed by atoms with Crippen LogP contribution in [0.3, 0.4) is 0 Å². The van der Waals surface area contributed by atoms with Crippen LogP contribution in [0.5, 0.6) is 0 Å². The van der Waals surface area contributed by atoms with Gasteiger partial charge < -0.3 is 10.0 Å². The largest absolute Gasteiger partial charge is 0.396 e. The van der Waals surface area contributed by atoms with Gasteiger partial charge in [-0.05, 0) is 60.2 Å². The van der Waals surface area contributed by atoms with Gasteiger partial charge in [-0.25, -0.2) is 13.2 Å². The molecule has 1 aliphatic rings. The lowest BCUT2D eigenvalue weighted by atomic mass is 9.70. The first-order chi connectivity index (χ1) is 16.4. The zero-order valence-electron chi connectivity index (χ0n) is 19.1. The van der Waals surface area contributed by atoms with E-state index in [0.717, 1.165) is 17.2 Å². The maximum Gasteiger partial charge on any atom is 0.223 e. The molecule has 0 unspecified atom stereocenters. The van der Waals surface area contributed by atoms with Gasteiger partial charge in [0.05, 0.1) is 6.04 Å². The van der Waals surface area contributed by atoms with Crippen LogP contribution < -0.4 is 0 Å². The van der Waals surface area contributed by atoms with Crippen LogP contribution in [-0.2, 0) is 10.2 Å². The van der Waals surface area contributed by atoms with E-state index in [-0.39, 0.29) is 30.8 Å². The van der Waals surface area contributed by atoms with Gasteiger partial charge in [-0.15, -0.1) is 0 Å². The monoisotopic (exact) mass is 467 g/mol. The second-order valence-corrected chi connectivity index (χ2v) is 8.94. The van der Waals surface area contributed by atoms with E-state index in [1.54, 1.807) is 24.3 Å². The zero-order chi connectivity index (χ0) is 24.3. The molecule has 1 aliphatic heterocycles. The number of benzene rings is 3. The van der Waals surface area contributed by atoms with Crippen LogP contribution in [0.1, 0.15) is 49.8 Å². The third-order valence-electron chi connectivity index (χ3n) is 6.99. The van der Waals surface area contributed by atoms with E-state index in [1.807, 2.05) is 24.0 Å². The van der Waals surface area contributed by atoms with Gasteiger partial charge in [0.1, 0.15) is 17.5 Å². The summed E-state index contributed by atoms with van der Waals surface area (Å²) in [5, 5.41) is 9.69. The molecule has 4 rings (SSSR count). The lowest BCUT2D eigenvalue weighted by molar-refractivity contribution is -0.139. The van der Waals surface area contributed by atoms with Gasteiger partial charge in [0.2, 0.25) is 5.91 Å². The van der Waals surface area contributed by atoms with Gasteiger partial charge >= 0.3 is 0 Å². The Balaban J connectivity index is 1.55. The molecule has 3 aromatic carbocycles. The standard InChI is InChI=1S/C28H28F3NO2/c1-2-26(20-5-3-19(4-6-20)24-12-11-23(30)17-25(24)31)32-15-13-28(14-16-33,18-27(32)34)21-7-9-22(29)10-8-21/h3-12,17,26,33H,2,13-16,18H2,1H3/t26-,28+/m1/s1. The Labute approximate surface area is 197 Å². The van der Waals surface area contributed by atoms with Crippen molar-refractivity contribution in [3.63, 3.8) is 0 Å². The van der Waals surface area contributed by atoms with Gasteiger partial charge in [0.15, 0.2) is 0 Å². The van der Waals surface area contributed by atoms with E-state index in [1.165, 1.54) is 24.3 Å². The molecule has 0 aromatic heterocycles. The summed E-state index contributed by atoms with van der Waals surface area (Å²) < 4.78 is 40.9. The number of carbonyl (C=O) groups is 1. The summed E-state index contributed by atoms with van der Waals surface area (Å²) in [7, 11) is 0. The Morgan fingerprint density at radius 2 is 1.65 bits per heavy atom. The molecule has 0 spiro atoms. The molecule has 3 aromatic rings. The molecule has 34 heavy (non-hydrogen) atoms. The Bertz CT molecular complexity index is 1150. The van der Waals surface area contributed by atoms with Crippen LogP contribution in [0.25, 0.3) is 11.1 Å². The SMILES string of the molecule is CC[C@H](c1ccc(-c2ccc(F)cc2F)cc1)N1CC[C@@](CCO)(c2ccc(F)cc2)CC1=O. The first-order valence-electron chi connectivity index (χ1n) is 11.6. The minimum atomic E-state index is -0.620. The van der Waals surface area contributed by atoms with E-state index >= 15 is 0 Å². The molecule has 6 heteroatoms. The number of hydrogen-bond donors (Lipinski definition) is 1. The third-order valence-corrected chi connectivity index (χ3v) is 6.99. The summed E-state index contributed by atoms with van der Waals surface area (Å²) >= 11 is 0. The molecular formula is C28H28F3NO2. The molecule has 178 valence electrons. The highest BCUT2D eigenvalue weighted by molar-refractivity contribution is 5.79. The molecule has 1 heterocycles. The summed E-state index contributed by atoms with van der Waals surface area (Å²) in [5.41, 5.74) is 2.26.